The van der Waals surface area contributed by atoms with E-state index in [0.717, 1.165) is 0 Å². The van der Waals surface area contributed by atoms with Crippen molar-refractivity contribution in [2.24, 2.45) is 0 Å². The van der Waals surface area contributed by atoms with Gasteiger partial charge in [0.05, 0.1) is 6.42 Å². The van der Waals surface area contributed by atoms with E-state index in [1.165, 1.54) is 5.56 Å². The fourth-order valence-electron chi connectivity index (χ4n) is 2.05. The molecule has 1 aromatic rings. The number of carbonyl (C=O) groups is 1. The molecule has 0 aromatic heterocycles. The van der Waals surface area contributed by atoms with Gasteiger partial charge >= 0.3 is 5.97 Å². The summed E-state index contributed by atoms with van der Waals surface area (Å²) in [5.74, 6) is -0.740. The Balaban J connectivity index is 2.73. The van der Waals surface area contributed by atoms with Crippen LogP contribution in [0.15, 0.2) is 30.3 Å². The molecule has 0 aliphatic rings. The van der Waals surface area contributed by atoms with Crippen molar-refractivity contribution in [1.82, 2.24) is 4.90 Å². The SMILES string of the molecule is CC(C)N(CCC(=O)O)C(C)c1ccccc1. The number of hydrogen-bond acceptors (Lipinski definition) is 2. The molecule has 1 atom stereocenters. The first-order chi connectivity index (χ1) is 8.02. The average molecular weight is 235 g/mol. The molecule has 0 heterocycles. The highest BCUT2D eigenvalue weighted by atomic mass is 16.4. The molecule has 0 aliphatic heterocycles. The lowest BCUT2D eigenvalue weighted by Crippen LogP contribution is -2.35. The molecule has 0 spiro atoms. The van der Waals surface area contributed by atoms with Crippen molar-refractivity contribution in [3.63, 3.8) is 0 Å². The Morgan fingerprint density at radius 1 is 1.24 bits per heavy atom. The van der Waals surface area contributed by atoms with Gasteiger partial charge in [-0.25, -0.2) is 0 Å². The predicted octanol–water partition coefficient (Wildman–Crippen LogP) is 2.93. The summed E-state index contributed by atoms with van der Waals surface area (Å²) < 4.78 is 0. The molecule has 0 amide bonds. The number of carboxylic acid groups (broad SMARTS) is 1. The van der Waals surface area contributed by atoms with Crippen molar-refractivity contribution < 1.29 is 9.90 Å². The lowest BCUT2D eigenvalue weighted by atomic mass is 10.1. The first-order valence-electron chi connectivity index (χ1n) is 6.05. The highest BCUT2D eigenvalue weighted by molar-refractivity contribution is 5.66. The van der Waals surface area contributed by atoms with Gasteiger partial charge in [0.1, 0.15) is 0 Å². The summed E-state index contributed by atoms with van der Waals surface area (Å²) in [4.78, 5) is 12.9. The van der Waals surface area contributed by atoms with Crippen molar-refractivity contribution in [3.8, 4) is 0 Å². The minimum atomic E-state index is -0.740. The summed E-state index contributed by atoms with van der Waals surface area (Å²) in [5, 5.41) is 8.77. The van der Waals surface area contributed by atoms with Gasteiger partial charge < -0.3 is 5.11 Å². The van der Waals surface area contributed by atoms with E-state index in [9.17, 15) is 4.79 Å². The molecule has 0 bridgehead atoms. The second-order valence-corrected chi connectivity index (χ2v) is 4.56. The lowest BCUT2D eigenvalue weighted by molar-refractivity contribution is -0.137. The smallest absolute Gasteiger partial charge is 0.304 e. The van der Waals surface area contributed by atoms with Crippen molar-refractivity contribution in [2.75, 3.05) is 6.54 Å². The average Bonchev–Trinajstić information content (AvgIpc) is 2.29. The van der Waals surface area contributed by atoms with E-state index in [-0.39, 0.29) is 12.5 Å². The molecule has 0 saturated heterocycles. The number of aliphatic carboxylic acids is 1. The fraction of sp³-hybridized carbons (Fsp3) is 0.500. The zero-order chi connectivity index (χ0) is 12.8. The molecule has 1 rings (SSSR count). The molecule has 0 aliphatic carbocycles. The maximum Gasteiger partial charge on any atom is 0.304 e. The van der Waals surface area contributed by atoms with E-state index in [4.69, 9.17) is 5.11 Å². The Hall–Kier alpha value is -1.35. The second-order valence-electron chi connectivity index (χ2n) is 4.56. The van der Waals surface area contributed by atoms with Gasteiger partial charge in [0.15, 0.2) is 0 Å². The first kappa shape index (κ1) is 13.7. The molecule has 3 heteroatoms. The van der Waals surface area contributed by atoms with Gasteiger partial charge in [-0.1, -0.05) is 30.3 Å². The van der Waals surface area contributed by atoms with Crippen molar-refractivity contribution in [3.05, 3.63) is 35.9 Å². The zero-order valence-corrected chi connectivity index (χ0v) is 10.8. The van der Waals surface area contributed by atoms with Gasteiger partial charge in [-0.15, -0.1) is 0 Å². The Morgan fingerprint density at radius 2 is 1.82 bits per heavy atom. The third-order valence-electron chi connectivity index (χ3n) is 3.03. The Kier molecular flexibility index (Phi) is 5.16. The van der Waals surface area contributed by atoms with Crippen molar-refractivity contribution in [1.29, 1.82) is 0 Å². The lowest BCUT2D eigenvalue weighted by Gasteiger charge is -2.32. The van der Waals surface area contributed by atoms with Crippen LogP contribution in [0.5, 0.6) is 0 Å². The molecule has 1 N–H and O–H groups in total. The van der Waals surface area contributed by atoms with E-state index < -0.39 is 5.97 Å². The van der Waals surface area contributed by atoms with E-state index in [1.807, 2.05) is 18.2 Å². The summed E-state index contributed by atoms with van der Waals surface area (Å²) in [6.45, 7) is 6.91. The molecule has 1 aromatic carbocycles. The van der Waals surface area contributed by atoms with Crippen LogP contribution in [0.4, 0.5) is 0 Å². The molecule has 0 radical (unpaired) electrons. The number of carboxylic acids is 1. The molecular formula is C14H21NO2. The summed E-state index contributed by atoms with van der Waals surface area (Å²) in [7, 11) is 0. The fourth-order valence-corrected chi connectivity index (χ4v) is 2.05. The van der Waals surface area contributed by atoms with Gasteiger partial charge in [0.2, 0.25) is 0 Å². The van der Waals surface area contributed by atoms with Gasteiger partial charge in [-0.3, -0.25) is 9.69 Å². The van der Waals surface area contributed by atoms with Gasteiger partial charge in [-0.2, -0.15) is 0 Å². The van der Waals surface area contributed by atoms with Crippen LogP contribution in [0.25, 0.3) is 0 Å². The van der Waals surface area contributed by atoms with Gasteiger partial charge in [0, 0.05) is 18.6 Å². The quantitative estimate of drug-likeness (QED) is 0.824. The second kappa shape index (κ2) is 6.40. The summed E-state index contributed by atoms with van der Waals surface area (Å²) >= 11 is 0. The predicted molar refractivity (Wildman–Crippen MR) is 69.0 cm³/mol. The molecule has 17 heavy (non-hydrogen) atoms. The molecule has 0 saturated carbocycles. The van der Waals surface area contributed by atoms with Crippen LogP contribution in [0.1, 0.15) is 38.8 Å². The van der Waals surface area contributed by atoms with Crippen LogP contribution in [0.2, 0.25) is 0 Å². The van der Waals surface area contributed by atoms with Crippen molar-refractivity contribution >= 4 is 5.97 Å². The maximum absolute atomic E-state index is 10.7. The number of benzene rings is 1. The number of nitrogens with zero attached hydrogens (tertiary/aromatic N) is 1. The topological polar surface area (TPSA) is 40.5 Å². The van der Waals surface area contributed by atoms with Crippen LogP contribution < -0.4 is 0 Å². The van der Waals surface area contributed by atoms with Crippen LogP contribution in [-0.2, 0) is 4.79 Å². The highest BCUT2D eigenvalue weighted by Gasteiger charge is 2.19. The van der Waals surface area contributed by atoms with E-state index in [2.05, 4.69) is 37.8 Å². The van der Waals surface area contributed by atoms with E-state index >= 15 is 0 Å². The van der Waals surface area contributed by atoms with E-state index in [1.54, 1.807) is 0 Å². The Labute approximate surface area is 103 Å². The molecule has 94 valence electrons. The Bertz CT molecular complexity index is 348. The zero-order valence-electron chi connectivity index (χ0n) is 10.8. The maximum atomic E-state index is 10.7. The van der Waals surface area contributed by atoms with Crippen LogP contribution in [0.3, 0.4) is 0 Å². The summed E-state index contributed by atoms with van der Waals surface area (Å²) in [5.41, 5.74) is 1.23. The molecule has 1 unspecified atom stereocenters. The molecule has 0 fully saturated rings. The number of hydrogen-bond donors (Lipinski definition) is 1. The minimum absolute atomic E-state index is 0.190. The van der Waals surface area contributed by atoms with Crippen LogP contribution >= 0.6 is 0 Å². The van der Waals surface area contributed by atoms with Crippen LogP contribution in [0, 0.1) is 0 Å². The standard InChI is InChI=1S/C14H21NO2/c1-11(2)15(10-9-14(16)17)12(3)13-7-5-4-6-8-13/h4-8,11-12H,9-10H2,1-3H3,(H,16,17). The highest BCUT2D eigenvalue weighted by Crippen LogP contribution is 2.22. The molecular weight excluding hydrogens is 214 g/mol. The normalized spacial score (nSPS) is 13.0. The third kappa shape index (κ3) is 4.19. The first-order valence-corrected chi connectivity index (χ1v) is 6.05. The third-order valence-corrected chi connectivity index (χ3v) is 3.03. The summed E-state index contributed by atoms with van der Waals surface area (Å²) in [6.07, 6.45) is 0.190. The van der Waals surface area contributed by atoms with Gasteiger partial charge in [-0.05, 0) is 26.3 Å². The Morgan fingerprint density at radius 3 is 2.29 bits per heavy atom. The van der Waals surface area contributed by atoms with E-state index in [0.29, 0.717) is 12.6 Å². The monoisotopic (exact) mass is 235 g/mol. The minimum Gasteiger partial charge on any atom is -0.481 e. The summed E-state index contributed by atoms with van der Waals surface area (Å²) in [6, 6.07) is 10.8. The number of rotatable bonds is 6. The van der Waals surface area contributed by atoms with Crippen LogP contribution in [-0.4, -0.2) is 28.6 Å². The molecule has 3 nitrogen and oxygen atoms in total. The van der Waals surface area contributed by atoms with Gasteiger partial charge in [0.25, 0.3) is 0 Å². The van der Waals surface area contributed by atoms with Crippen molar-refractivity contribution in [2.45, 2.75) is 39.3 Å². The largest absolute Gasteiger partial charge is 0.481 e.